The predicted octanol–water partition coefficient (Wildman–Crippen LogP) is 2.96. The van der Waals surface area contributed by atoms with E-state index >= 15 is 0 Å². The van der Waals surface area contributed by atoms with Crippen LogP contribution in [0.2, 0.25) is 0 Å². The Bertz CT molecular complexity index is 489. The van der Waals surface area contributed by atoms with Gasteiger partial charge in [0.25, 0.3) is 0 Å². The van der Waals surface area contributed by atoms with E-state index in [1.807, 2.05) is 0 Å². The smallest absolute Gasteiger partial charge is 0.433 e. The van der Waals surface area contributed by atoms with Crippen molar-refractivity contribution in [2.45, 2.75) is 6.18 Å². The normalized spacial score (nSPS) is 11.1. The monoisotopic (exact) mass is 280 g/mol. The van der Waals surface area contributed by atoms with Crippen LogP contribution in [0.3, 0.4) is 0 Å². The molecule has 0 spiro atoms. The Kier molecular flexibility index (Phi) is 4.18. The molecule has 1 aromatic heterocycles. The van der Waals surface area contributed by atoms with Crippen molar-refractivity contribution in [3.63, 3.8) is 0 Å². The minimum absolute atomic E-state index is 0.0872. The number of nitrogens with zero attached hydrogens (tertiary/aromatic N) is 1. The standard InChI is InChI=1S/C10H8ClF3N2O2/c1-5(11)4-15-8-6(9(17)18)2-3-7(16-8)10(12,13)14/h2-3H,1,4H2,(H,15,16)(H,17,18). The lowest BCUT2D eigenvalue weighted by molar-refractivity contribution is -0.141. The molecule has 98 valence electrons. The minimum atomic E-state index is -4.65. The number of anilines is 1. The number of aromatic carboxylic acids is 1. The number of nitrogens with one attached hydrogen (secondary N) is 1. The van der Waals surface area contributed by atoms with Gasteiger partial charge in [-0.25, -0.2) is 9.78 Å². The molecule has 8 heteroatoms. The highest BCUT2D eigenvalue weighted by atomic mass is 35.5. The van der Waals surface area contributed by atoms with Crippen LogP contribution >= 0.6 is 11.6 Å². The third-order valence-corrected chi connectivity index (χ3v) is 2.00. The van der Waals surface area contributed by atoms with Gasteiger partial charge in [-0.15, -0.1) is 0 Å². The topological polar surface area (TPSA) is 62.2 Å². The number of carboxylic acid groups (broad SMARTS) is 1. The van der Waals surface area contributed by atoms with Crippen molar-refractivity contribution in [1.29, 1.82) is 0 Å². The lowest BCUT2D eigenvalue weighted by Gasteiger charge is -2.11. The number of hydrogen-bond donors (Lipinski definition) is 2. The molecule has 0 radical (unpaired) electrons. The molecule has 0 aromatic carbocycles. The van der Waals surface area contributed by atoms with E-state index in [-0.39, 0.29) is 17.1 Å². The Morgan fingerprint density at radius 1 is 1.50 bits per heavy atom. The van der Waals surface area contributed by atoms with Crippen LogP contribution in [0.4, 0.5) is 19.0 Å². The van der Waals surface area contributed by atoms with Gasteiger partial charge in [0.15, 0.2) is 0 Å². The summed E-state index contributed by atoms with van der Waals surface area (Å²) in [5.74, 6) is -1.79. The number of pyridine rings is 1. The van der Waals surface area contributed by atoms with Crippen LogP contribution in [0.15, 0.2) is 23.7 Å². The number of carbonyl (C=O) groups is 1. The minimum Gasteiger partial charge on any atom is -0.478 e. The van der Waals surface area contributed by atoms with Gasteiger partial charge in [-0.2, -0.15) is 13.2 Å². The summed E-state index contributed by atoms with van der Waals surface area (Å²) in [7, 11) is 0. The van der Waals surface area contributed by atoms with Gasteiger partial charge in [0.1, 0.15) is 17.1 Å². The molecular formula is C10H8ClF3N2O2. The van der Waals surface area contributed by atoms with Crippen LogP contribution < -0.4 is 5.32 Å². The Morgan fingerprint density at radius 3 is 2.56 bits per heavy atom. The highest BCUT2D eigenvalue weighted by Gasteiger charge is 2.33. The molecular weight excluding hydrogens is 273 g/mol. The molecule has 4 nitrogen and oxygen atoms in total. The number of aromatic nitrogens is 1. The molecule has 0 amide bonds. The first kappa shape index (κ1) is 14.3. The molecule has 0 aliphatic rings. The van der Waals surface area contributed by atoms with Crippen LogP contribution in [-0.2, 0) is 6.18 Å². The maximum atomic E-state index is 12.4. The zero-order valence-corrected chi connectivity index (χ0v) is 9.64. The second kappa shape index (κ2) is 5.26. The van der Waals surface area contributed by atoms with Crippen molar-refractivity contribution in [2.75, 3.05) is 11.9 Å². The molecule has 0 unspecified atom stereocenters. The molecule has 0 aliphatic carbocycles. The average molecular weight is 281 g/mol. The van der Waals surface area contributed by atoms with Gasteiger partial charge in [-0.1, -0.05) is 18.2 Å². The highest BCUT2D eigenvalue weighted by Crippen LogP contribution is 2.29. The summed E-state index contributed by atoms with van der Waals surface area (Å²) in [6.07, 6.45) is -4.65. The van der Waals surface area contributed by atoms with E-state index in [4.69, 9.17) is 16.7 Å². The zero-order chi connectivity index (χ0) is 13.9. The van der Waals surface area contributed by atoms with Gasteiger partial charge in [-0.3, -0.25) is 0 Å². The van der Waals surface area contributed by atoms with Crippen molar-refractivity contribution >= 4 is 23.4 Å². The first-order valence-electron chi connectivity index (χ1n) is 4.60. The lowest BCUT2D eigenvalue weighted by Crippen LogP contribution is -2.14. The first-order valence-corrected chi connectivity index (χ1v) is 4.98. The van der Waals surface area contributed by atoms with E-state index in [0.29, 0.717) is 6.07 Å². The summed E-state index contributed by atoms with van der Waals surface area (Å²) in [5, 5.41) is 11.3. The van der Waals surface area contributed by atoms with Crippen LogP contribution in [0.1, 0.15) is 16.1 Å². The van der Waals surface area contributed by atoms with Crippen LogP contribution in [-0.4, -0.2) is 22.6 Å². The van der Waals surface area contributed by atoms with E-state index in [1.165, 1.54) is 0 Å². The number of hydrogen-bond acceptors (Lipinski definition) is 3. The van der Waals surface area contributed by atoms with E-state index in [0.717, 1.165) is 6.07 Å². The lowest BCUT2D eigenvalue weighted by atomic mass is 10.2. The fraction of sp³-hybridized carbons (Fsp3) is 0.200. The molecule has 0 saturated carbocycles. The van der Waals surface area contributed by atoms with Gasteiger partial charge in [0, 0.05) is 5.03 Å². The molecule has 0 fully saturated rings. The number of alkyl halides is 3. The SMILES string of the molecule is C=C(Cl)CNc1nc(C(F)(F)F)ccc1C(=O)O. The third-order valence-electron chi connectivity index (χ3n) is 1.86. The number of halogens is 4. The Balaban J connectivity index is 3.15. The maximum Gasteiger partial charge on any atom is 0.433 e. The summed E-state index contributed by atoms with van der Waals surface area (Å²) in [4.78, 5) is 14.0. The van der Waals surface area contributed by atoms with E-state index in [1.54, 1.807) is 0 Å². The molecule has 0 bridgehead atoms. The summed E-state index contributed by atoms with van der Waals surface area (Å²) < 4.78 is 37.3. The first-order chi connectivity index (χ1) is 8.21. The van der Waals surface area contributed by atoms with E-state index in [9.17, 15) is 18.0 Å². The molecule has 0 saturated heterocycles. The summed E-state index contributed by atoms with van der Waals surface area (Å²) in [5.41, 5.74) is -1.56. The van der Waals surface area contributed by atoms with Crippen molar-refractivity contribution in [3.05, 3.63) is 35.0 Å². The van der Waals surface area contributed by atoms with Gasteiger partial charge in [0.2, 0.25) is 0 Å². The Morgan fingerprint density at radius 2 is 2.11 bits per heavy atom. The molecule has 0 atom stereocenters. The zero-order valence-electron chi connectivity index (χ0n) is 8.88. The Labute approximate surface area is 105 Å². The van der Waals surface area contributed by atoms with Crippen LogP contribution in [0, 0.1) is 0 Å². The maximum absolute atomic E-state index is 12.4. The van der Waals surface area contributed by atoms with Crippen LogP contribution in [0.25, 0.3) is 0 Å². The van der Waals surface area contributed by atoms with Gasteiger partial charge in [0.05, 0.1) is 6.54 Å². The van der Waals surface area contributed by atoms with Crippen molar-refractivity contribution < 1.29 is 23.1 Å². The van der Waals surface area contributed by atoms with E-state index in [2.05, 4.69) is 16.9 Å². The highest BCUT2D eigenvalue weighted by molar-refractivity contribution is 6.29. The van der Waals surface area contributed by atoms with Gasteiger partial charge < -0.3 is 10.4 Å². The molecule has 1 aromatic rings. The summed E-state index contributed by atoms with van der Waals surface area (Å²) in [6.45, 7) is 3.23. The number of carboxylic acids is 1. The third kappa shape index (κ3) is 3.63. The molecule has 18 heavy (non-hydrogen) atoms. The summed E-state index contributed by atoms with van der Waals surface area (Å²) in [6, 6.07) is 1.43. The quantitative estimate of drug-likeness (QED) is 0.890. The molecule has 1 heterocycles. The number of rotatable bonds is 4. The van der Waals surface area contributed by atoms with Crippen molar-refractivity contribution in [1.82, 2.24) is 4.98 Å². The van der Waals surface area contributed by atoms with Gasteiger partial charge >= 0.3 is 12.1 Å². The summed E-state index contributed by atoms with van der Waals surface area (Å²) >= 11 is 5.43. The van der Waals surface area contributed by atoms with Gasteiger partial charge in [-0.05, 0) is 12.1 Å². The Hall–Kier alpha value is -1.76. The molecule has 2 N–H and O–H groups in total. The fourth-order valence-corrected chi connectivity index (χ4v) is 1.17. The van der Waals surface area contributed by atoms with E-state index < -0.39 is 23.7 Å². The largest absolute Gasteiger partial charge is 0.478 e. The average Bonchev–Trinajstić information content (AvgIpc) is 2.24. The predicted molar refractivity (Wildman–Crippen MR) is 59.7 cm³/mol. The molecule has 0 aliphatic heterocycles. The second-order valence-corrected chi connectivity index (χ2v) is 3.80. The second-order valence-electron chi connectivity index (χ2n) is 3.27. The van der Waals surface area contributed by atoms with Crippen LogP contribution in [0.5, 0.6) is 0 Å². The van der Waals surface area contributed by atoms with Crippen molar-refractivity contribution in [2.24, 2.45) is 0 Å². The fourth-order valence-electron chi connectivity index (χ4n) is 1.10. The molecule has 1 rings (SSSR count). The van der Waals surface area contributed by atoms with Crippen molar-refractivity contribution in [3.8, 4) is 0 Å².